The minimum absolute atomic E-state index is 0.00811. The number of aliphatic hydroxyl groups excluding tert-OH is 1. The van der Waals surface area contributed by atoms with Gasteiger partial charge in [0.05, 0.1) is 24.9 Å². The van der Waals surface area contributed by atoms with E-state index in [4.69, 9.17) is 4.74 Å². The Bertz CT molecular complexity index is 2080. The van der Waals surface area contributed by atoms with Crippen molar-refractivity contribution < 1.29 is 29.0 Å². The smallest absolute Gasteiger partial charge is 0.408 e. The van der Waals surface area contributed by atoms with E-state index in [1.165, 1.54) is 11.9 Å². The number of carbonyl (C=O) groups is 4. The first-order chi connectivity index (χ1) is 28.1. The molecule has 12 heteroatoms. The van der Waals surface area contributed by atoms with Crippen molar-refractivity contribution in [3.8, 4) is 0 Å². The summed E-state index contributed by atoms with van der Waals surface area (Å²) >= 11 is 0. The molecular weight excluding hydrogens is 733 g/mol. The van der Waals surface area contributed by atoms with E-state index in [0.717, 1.165) is 34.7 Å². The number of hydrogen-bond donors (Lipinski definition) is 5. The van der Waals surface area contributed by atoms with Gasteiger partial charge in [-0.15, -0.1) is 0 Å². The van der Waals surface area contributed by atoms with Gasteiger partial charge in [-0.25, -0.2) is 9.78 Å². The molecule has 5 N–H and O–H groups in total. The van der Waals surface area contributed by atoms with E-state index in [0.29, 0.717) is 31.1 Å². The molecule has 4 amide bonds. The SMILES string of the molecule is CC(C)C[C@H](NC(=O)[C@H](Cc1cnc[nH]1)NC(=O)[C@H](Cc1cccc2ccccc12)NC(=O)OCc1ccccc1)[C@@H](O)CC(=O)N1CCC(c2ccccc2)CC1. The predicted molar refractivity (Wildman–Crippen MR) is 222 cm³/mol. The van der Waals surface area contributed by atoms with Crippen LogP contribution in [0, 0.1) is 5.92 Å². The quantitative estimate of drug-likeness (QED) is 0.0793. The molecule has 0 bridgehead atoms. The molecule has 58 heavy (non-hydrogen) atoms. The summed E-state index contributed by atoms with van der Waals surface area (Å²) in [5, 5.41) is 22.0. The average molecular weight is 787 g/mol. The van der Waals surface area contributed by atoms with Crippen LogP contribution >= 0.6 is 0 Å². The van der Waals surface area contributed by atoms with Gasteiger partial charge in [0.25, 0.3) is 0 Å². The van der Waals surface area contributed by atoms with E-state index in [1.807, 2.05) is 105 Å². The molecule has 1 fully saturated rings. The number of imidazole rings is 1. The van der Waals surface area contributed by atoms with Crippen molar-refractivity contribution in [3.05, 3.63) is 138 Å². The van der Waals surface area contributed by atoms with Crippen molar-refractivity contribution in [2.24, 2.45) is 5.92 Å². The molecule has 304 valence electrons. The maximum atomic E-state index is 14.3. The summed E-state index contributed by atoms with van der Waals surface area (Å²) in [6, 6.07) is 30.1. The van der Waals surface area contributed by atoms with E-state index in [-0.39, 0.29) is 37.7 Å². The molecule has 1 aliphatic heterocycles. The number of nitrogens with one attached hydrogen (secondary N) is 4. The first-order valence-corrected chi connectivity index (χ1v) is 20.2. The van der Waals surface area contributed by atoms with Crippen molar-refractivity contribution in [1.82, 2.24) is 30.8 Å². The molecule has 0 aliphatic carbocycles. The Morgan fingerprint density at radius 2 is 1.47 bits per heavy atom. The zero-order valence-electron chi connectivity index (χ0n) is 33.2. The van der Waals surface area contributed by atoms with Crippen molar-refractivity contribution in [2.75, 3.05) is 13.1 Å². The number of aliphatic hydroxyl groups is 1. The van der Waals surface area contributed by atoms with Crippen LogP contribution in [0.4, 0.5) is 4.79 Å². The highest BCUT2D eigenvalue weighted by atomic mass is 16.5. The molecule has 0 spiro atoms. The first-order valence-electron chi connectivity index (χ1n) is 20.2. The fraction of sp³-hybridized carbons (Fsp3) is 0.370. The van der Waals surface area contributed by atoms with Gasteiger partial charge in [-0.3, -0.25) is 14.4 Å². The third kappa shape index (κ3) is 11.8. The maximum absolute atomic E-state index is 14.3. The highest BCUT2D eigenvalue weighted by Crippen LogP contribution is 2.28. The lowest BCUT2D eigenvalue weighted by Gasteiger charge is -2.34. The molecule has 4 aromatic carbocycles. The summed E-state index contributed by atoms with van der Waals surface area (Å²) in [7, 11) is 0. The molecule has 1 aliphatic rings. The van der Waals surface area contributed by atoms with Gasteiger partial charge in [0.1, 0.15) is 18.7 Å². The Morgan fingerprint density at radius 3 is 2.17 bits per heavy atom. The minimum Gasteiger partial charge on any atom is -0.445 e. The number of benzene rings is 4. The van der Waals surface area contributed by atoms with E-state index in [2.05, 4.69) is 38.1 Å². The molecule has 1 saturated heterocycles. The van der Waals surface area contributed by atoms with Gasteiger partial charge in [-0.1, -0.05) is 117 Å². The van der Waals surface area contributed by atoms with Gasteiger partial charge in [0.2, 0.25) is 17.7 Å². The number of carbonyl (C=O) groups excluding carboxylic acids is 4. The van der Waals surface area contributed by atoms with Gasteiger partial charge < -0.3 is 35.7 Å². The summed E-state index contributed by atoms with van der Waals surface area (Å²) in [5.74, 6) is -0.843. The first kappa shape index (κ1) is 41.6. The number of amides is 4. The molecule has 0 radical (unpaired) electrons. The number of alkyl carbamates (subject to hydrolysis) is 1. The minimum atomic E-state index is -1.16. The fourth-order valence-electron chi connectivity index (χ4n) is 7.65. The summed E-state index contributed by atoms with van der Waals surface area (Å²) in [6.45, 7) is 5.16. The van der Waals surface area contributed by atoms with Crippen LogP contribution in [0.25, 0.3) is 10.8 Å². The Labute approximate surface area is 339 Å². The third-order valence-corrected chi connectivity index (χ3v) is 10.8. The van der Waals surface area contributed by atoms with E-state index in [1.54, 1.807) is 11.1 Å². The molecular formula is C46H54N6O6. The molecule has 2 heterocycles. The number of piperidine rings is 1. The highest BCUT2D eigenvalue weighted by Gasteiger charge is 2.33. The van der Waals surface area contributed by atoms with Gasteiger partial charge >= 0.3 is 6.09 Å². The van der Waals surface area contributed by atoms with E-state index >= 15 is 0 Å². The number of hydrogen-bond acceptors (Lipinski definition) is 7. The normalized spacial score (nSPS) is 15.3. The van der Waals surface area contributed by atoms with Gasteiger partial charge in [0.15, 0.2) is 0 Å². The van der Waals surface area contributed by atoms with Crippen LogP contribution in [0.3, 0.4) is 0 Å². The van der Waals surface area contributed by atoms with Crippen LogP contribution < -0.4 is 16.0 Å². The molecule has 1 aromatic heterocycles. The third-order valence-electron chi connectivity index (χ3n) is 10.8. The molecule has 12 nitrogen and oxygen atoms in total. The summed E-state index contributed by atoms with van der Waals surface area (Å²) in [4.78, 5) is 64.1. The summed E-state index contributed by atoms with van der Waals surface area (Å²) in [5.41, 5.74) is 3.47. The Morgan fingerprint density at radius 1 is 0.810 bits per heavy atom. The van der Waals surface area contributed by atoms with Crippen molar-refractivity contribution in [1.29, 1.82) is 0 Å². The Balaban J connectivity index is 1.16. The molecule has 5 aromatic rings. The number of rotatable bonds is 17. The zero-order valence-corrected chi connectivity index (χ0v) is 33.2. The van der Waals surface area contributed by atoms with Crippen LogP contribution in [-0.4, -0.2) is 81.1 Å². The number of ether oxygens (including phenoxy) is 1. The summed E-state index contributed by atoms with van der Waals surface area (Å²) in [6.07, 6.45) is 3.22. The largest absolute Gasteiger partial charge is 0.445 e. The molecule has 6 rings (SSSR count). The number of fused-ring (bicyclic) bond motifs is 1. The van der Waals surface area contributed by atoms with Crippen LogP contribution in [0.1, 0.15) is 67.8 Å². The highest BCUT2D eigenvalue weighted by molar-refractivity contribution is 5.93. The number of aromatic amines is 1. The van der Waals surface area contributed by atoms with Crippen molar-refractivity contribution in [2.45, 2.75) is 89.1 Å². The number of aromatic nitrogens is 2. The van der Waals surface area contributed by atoms with E-state index < -0.39 is 42.1 Å². The van der Waals surface area contributed by atoms with Gasteiger partial charge in [0, 0.05) is 37.8 Å². The Kier molecular flexibility index (Phi) is 14.7. The zero-order chi connectivity index (χ0) is 40.9. The topological polar surface area (TPSA) is 166 Å². The summed E-state index contributed by atoms with van der Waals surface area (Å²) < 4.78 is 5.51. The fourth-order valence-corrected chi connectivity index (χ4v) is 7.65. The number of H-pyrrole nitrogens is 1. The Hall–Kier alpha value is -6.01. The van der Waals surface area contributed by atoms with Gasteiger partial charge in [-0.05, 0) is 58.6 Å². The van der Waals surface area contributed by atoms with Gasteiger partial charge in [-0.2, -0.15) is 0 Å². The lowest BCUT2D eigenvalue weighted by Crippen LogP contribution is -2.57. The molecule has 0 saturated carbocycles. The van der Waals surface area contributed by atoms with Crippen molar-refractivity contribution in [3.63, 3.8) is 0 Å². The molecule has 0 unspecified atom stereocenters. The maximum Gasteiger partial charge on any atom is 0.408 e. The lowest BCUT2D eigenvalue weighted by atomic mass is 9.89. The standard InChI is InChI=1S/C46H54N6O6/c1-31(2)24-39(42(53)27-43(54)52-22-20-34(21-23-52)33-14-7-4-8-15-33)49-45(56)41(26-37-28-47-30-48-37)50-44(55)40(51-46(57)58-29-32-12-5-3-6-13-32)25-36-18-11-17-35-16-9-10-19-38(35)36/h3-19,28,30-31,34,39-42,53H,20-27,29H2,1-2H3,(H,47,48)(H,49,56)(H,50,55)(H,51,57)/t39-,40-,41-,42-/m0/s1. The van der Waals surface area contributed by atoms with Crippen LogP contribution in [0.2, 0.25) is 0 Å². The average Bonchev–Trinajstić information content (AvgIpc) is 3.76. The number of likely N-dealkylation sites (tertiary alicyclic amines) is 1. The lowest BCUT2D eigenvalue weighted by molar-refractivity contribution is -0.136. The second-order valence-corrected chi connectivity index (χ2v) is 15.5. The second kappa shape index (κ2) is 20.4. The second-order valence-electron chi connectivity index (χ2n) is 15.5. The number of nitrogens with zero attached hydrogens (tertiary/aromatic N) is 2. The van der Waals surface area contributed by atoms with Crippen LogP contribution in [-0.2, 0) is 38.6 Å². The van der Waals surface area contributed by atoms with Crippen LogP contribution in [0.5, 0.6) is 0 Å². The predicted octanol–water partition coefficient (Wildman–Crippen LogP) is 5.82. The monoisotopic (exact) mass is 786 g/mol. The van der Waals surface area contributed by atoms with E-state index in [9.17, 15) is 24.3 Å². The van der Waals surface area contributed by atoms with Crippen molar-refractivity contribution >= 4 is 34.6 Å². The van der Waals surface area contributed by atoms with Crippen LogP contribution in [0.15, 0.2) is 116 Å². The molecule has 4 atom stereocenters.